The van der Waals surface area contributed by atoms with Crippen LogP contribution in [-0.2, 0) is 35.1 Å². The largest absolute Gasteiger partial charge is 0.394 e. The lowest BCUT2D eigenvalue weighted by molar-refractivity contribution is -0.215. The fourth-order valence-electron chi connectivity index (χ4n) is 5.55. The monoisotopic (exact) mass is 639 g/mol. The first kappa shape index (κ1) is 28.5. The summed E-state index contributed by atoms with van der Waals surface area (Å²) in [5, 5.41) is 28.9. The highest BCUT2D eigenvalue weighted by Gasteiger charge is 2.79. The lowest BCUT2D eigenvalue weighted by atomic mass is 9.94. The van der Waals surface area contributed by atoms with Gasteiger partial charge >= 0.3 is 6.72 Å². The number of nitrogens with one attached hydrogen (secondary N) is 1. The average molecular weight is 640 g/mol. The van der Waals surface area contributed by atoms with Crippen molar-refractivity contribution in [3.05, 3.63) is 23.0 Å². The van der Waals surface area contributed by atoms with Crippen molar-refractivity contribution in [2.45, 2.75) is 61.9 Å². The Morgan fingerprint density at radius 3 is 2.81 bits per heavy atom. The van der Waals surface area contributed by atoms with Crippen molar-refractivity contribution >= 4 is 52.6 Å². The summed E-state index contributed by atoms with van der Waals surface area (Å²) >= 11 is 5.33. The van der Waals surface area contributed by atoms with Crippen LogP contribution in [0.3, 0.4) is 0 Å². The number of hydrogen-bond acceptors (Lipinski definition) is 17. The van der Waals surface area contributed by atoms with Crippen LogP contribution in [0.5, 0.6) is 0 Å². The van der Waals surface area contributed by atoms with Gasteiger partial charge in [-0.1, -0.05) is 12.1 Å². The second kappa shape index (κ2) is 9.89. The summed E-state index contributed by atoms with van der Waals surface area (Å²) in [7, 11) is 0. The molecule has 0 aromatic carbocycles. The molecule has 3 aliphatic heterocycles. The summed E-state index contributed by atoms with van der Waals surface area (Å²) < 4.78 is 32.1. The van der Waals surface area contributed by atoms with E-state index in [4.69, 9.17) is 46.5 Å². The maximum Gasteiger partial charge on any atom is 0.325 e. The molecular weight excluding hydrogens is 613 g/mol. The van der Waals surface area contributed by atoms with Gasteiger partial charge in [-0.25, -0.2) is 15.0 Å². The zero-order chi connectivity index (χ0) is 30.3. The number of fused-ring (bicyclic) bond motifs is 3. The number of aliphatic hydroxyl groups excluding tert-OH is 1. The highest BCUT2D eigenvalue weighted by molar-refractivity contribution is 8.07. The molecule has 7 heterocycles. The molecule has 0 radical (unpaired) electrons. The molecule has 22 heteroatoms. The number of H-pyrrole nitrogens is 1. The predicted molar refractivity (Wildman–Crippen MR) is 146 cm³/mol. The molecule has 7 rings (SSSR count). The van der Waals surface area contributed by atoms with Crippen LogP contribution in [0.2, 0.25) is 0 Å². The van der Waals surface area contributed by atoms with Crippen molar-refractivity contribution < 1.29 is 38.4 Å². The number of rotatable bonds is 9. The third-order valence-electron chi connectivity index (χ3n) is 7.80. The number of nitrogens with zero attached hydrogens (tertiary/aromatic N) is 8. The van der Waals surface area contributed by atoms with E-state index >= 15 is 0 Å². The molecule has 2 unspecified atom stereocenters. The summed E-state index contributed by atoms with van der Waals surface area (Å²) in [5.41, 5.74) is 10.2. The number of anilines is 2. The van der Waals surface area contributed by atoms with Crippen LogP contribution >= 0.6 is 6.72 Å². The third-order valence-corrected chi connectivity index (χ3v) is 9.36. The summed E-state index contributed by atoms with van der Waals surface area (Å²) in [5.74, 6) is -1.76. The van der Waals surface area contributed by atoms with Crippen molar-refractivity contribution in [2.75, 3.05) is 24.7 Å². The molecule has 4 aromatic rings. The van der Waals surface area contributed by atoms with Crippen LogP contribution in [0.1, 0.15) is 32.2 Å². The lowest BCUT2D eigenvalue weighted by Gasteiger charge is -2.34. The standard InChI is InChI=1S/C21H26N11O9PS/c1-2-20(21(35)12(39-21)18(40-20)31-7-26-10-13(22)24-6-25-14(10)31)5-37-42(36,43)41-9-3-8(4-33)38-17(9)32-15-11(29-30-32)16(34)28-19(23)27-15/h6-9,12,17-18,33,35H,2-5H2,1H3,(H,36,43)(H2,22,24,25)(H3,23,27,28,34)/t8-,9+,12-,17+,18+,20+,21?,42?/m0/s1. The molecule has 3 fully saturated rings. The highest BCUT2D eigenvalue weighted by atomic mass is 32.5. The van der Waals surface area contributed by atoms with Gasteiger partial charge in [0, 0.05) is 6.42 Å². The fraction of sp³-hybridized carbons (Fsp3) is 0.571. The zero-order valence-electron chi connectivity index (χ0n) is 22.2. The van der Waals surface area contributed by atoms with Crippen molar-refractivity contribution in [1.82, 2.24) is 44.5 Å². The normalized spacial score (nSPS) is 33.3. The Bertz CT molecular complexity index is 1840. The van der Waals surface area contributed by atoms with Crippen LogP contribution in [0, 0.1) is 0 Å². The number of imidazole rings is 1. The first-order valence-corrected chi connectivity index (χ1v) is 15.6. The molecule has 4 aromatic heterocycles. The summed E-state index contributed by atoms with van der Waals surface area (Å²) in [6.45, 7) is -3.12. The Labute approximate surface area is 245 Å². The van der Waals surface area contributed by atoms with Gasteiger partial charge in [0.2, 0.25) is 11.7 Å². The molecule has 230 valence electrons. The molecule has 0 bridgehead atoms. The SMILES string of the molecule is CC[C@]1(COP(O)(=S)O[C@@H]2C[C@@H](CO)O[C@H]2n2nnc3c(=O)[nH]c(N)nc32)O[C@@H](n2cnc3c(N)ncnc32)[C@@H]2OC21O. The van der Waals surface area contributed by atoms with Crippen molar-refractivity contribution in [1.29, 1.82) is 0 Å². The van der Waals surface area contributed by atoms with Gasteiger partial charge in [-0.15, -0.1) is 5.10 Å². The van der Waals surface area contributed by atoms with Crippen LogP contribution in [0.25, 0.3) is 22.3 Å². The molecule has 20 nitrogen and oxygen atoms in total. The number of nitrogen functional groups attached to an aromatic ring is 2. The van der Waals surface area contributed by atoms with Gasteiger partial charge in [0.1, 0.15) is 17.9 Å². The first-order valence-electron chi connectivity index (χ1n) is 13.0. The Balaban J connectivity index is 1.11. The van der Waals surface area contributed by atoms with E-state index in [-0.39, 0.29) is 42.4 Å². The van der Waals surface area contributed by atoms with Crippen molar-refractivity contribution in [3.63, 3.8) is 0 Å². The number of aromatic nitrogens is 9. The van der Waals surface area contributed by atoms with E-state index < -0.39 is 61.0 Å². The van der Waals surface area contributed by atoms with E-state index in [1.165, 1.54) is 12.7 Å². The molecule has 8 atom stereocenters. The second-order valence-electron chi connectivity index (χ2n) is 10.3. The Morgan fingerprint density at radius 1 is 1.23 bits per heavy atom. The molecule has 0 aliphatic carbocycles. The minimum atomic E-state index is -4.07. The maximum absolute atomic E-state index is 12.2. The van der Waals surface area contributed by atoms with Gasteiger partial charge in [-0.2, -0.15) is 9.67 Å². The fourth-order valence-corrected chi connectivity index (χ4v) is 7.00. The molecular formula is C21H26N11O9PS. The number of nitrogens with two attached hydrogens (primary N) is 2. The van der Waals surface area contributed by atoms with Gasteiger partial charge in [0.15, 0.2) is 46.8 Å². The molecule has 8 N–H and O–H groups in total. The van der Waals surface area contributed by atoms with Gasteiger partial charge in [-0.05, 0) is 18.2 Å². The lowest BCUT2D eigenvalue weighted by Crippen LogP contribution is -2.48. The molecule has 0 spiro atoms. The quantitative estimate of drug-likeness (QED) is 0.0868. The number of hydrogen-bond donors (Lipinski definition) is 6. The number of ether oxygens (including phenoxy) is 3. The Morgan fingerprint density at radius 2 is 2.05 bits per heavy atom. The predicted octanol–water partition coefficient (Wildman–Crippen LogP) is -1.82. The minimum absolute atomic E-state index is 0.000803. The Kier molecular flexibility index (Phi) is 6.56. The zero-order valence-corrected chi connectivity index (χ0v) is 24.0. The second-order valence-corrected chi connectivity index (χ2v) is 13.1. The van der Waals surface area contributed by atoms with E-state index in [0.717, 1.165) is 4.68 Å². The topological polar surface area (TPSA) is 282 Å². The molecule has 0 saturated carbocycles. The first-order chi connectivity index (χ1) is 20.5. The van der Waals surface area contributed by atoms with Crippen LogP contribution in [0.4, 0.5) is 11.8 Å². The van der Waals surface area contributed by atoms with Gasteiger partial charge in [0.25, 0.3) is 5.56 Å². The third kappa shape index (κ3) is 4.43. The number of aromatic amines is 1. The van der Waals surface area contributed by atoms with Crippen molar-refractivity contribution in [2.24, 2.45) is 0 Å². The molecule has 3 saturated heterocycles. The van der Waals surface area contributed by atoms with Gasteiger partial charge in [0.05, 0.1) is 25.6 Å². The van der Waals surface area contributed by atoms with E-state index in [2.05, 4.69) is 35.2 Å². The summed E-state index contributed by atoms with van der Waals surface area (Å²) in [6.07, 6.45) is -1.48. The van der Waals surface area contributed by atoms with Crippen molar-refractivity contribution in [3.8, 4) is 0 Å². The van der Waals surface area contributed by atoms with Crippen LogP contribution in [-0.4, -0.2) is 103 Å². The van der Waals surface area contributed by atoms with E-state index in [1.54, 1.807) is 11.5 Å². The summed E-state index contributed by atoms with van der Waals surface area (Å²) in [6, 6.07) is 0. The van der Waals surface area contributed by atoms with E-state index in [0.29, 0.717) is 11.2 Å². The average Bonchev–Trinajstić information content (AvgIpc) is 3.38. The van der Waals surface area contributed by atoms with Gasteiger partial charge in [-0.3, -0.25) is 14.3 Å². The maximum atomic E-state index is 12.2. The number of aliphatic hydroxyl groups is 2. The molecule has 43 heavy (non-hydrogen) atoms. The van der Waals surface area contributed by atoms with E-state index in [9.17, 15) is 19.9 Å². The molecule has 0 amide bonds. The van der Waals surface area contributed by atoms with Gasteiger partial charge < -0.3 is 49.8 Å². The number of epoxide rings is 1. The highest BCUT2D eigenvalue weighted by Crippen LogP contribution is 2.61. The Hall–Kier alpha value is -3.24. The minimum Gasteiger partial charge on any atom is -0.394 e. The summed E-state index contributed by atoms with van der Waals surface area (Å²) in [4.78, 5) is 42.2. The molecule has 3 aliphatic rings. The van der Waals surface area contributed by atoms with E-state index in [1.807, 2.05) is 0 Å². The van der Waals surface area contributed by atoms with Crippen LogP contribution < -0.4 is 17.0 Å². The smallest absolute Gasteiger partial charge is 0.325 e. The van der Waals surface area contributed by atoms with Crippen LogP contribution in [0.15, 0.2) is 17.4 Å².